The van der Waals surface area contributed by atoms with Gasteiger partial charge in [0.15, 0.2) is 0 Å². The van der Waals surface area contributed by atoms with Crippen LogP contribution in [0, 0.1) is 0 Å². The van der Waals surface area contributed by atoms with Crippen LogP contribution in [0.2, 0.25) is 0 Å². The first-order valence-corrected chi connectivity index (χ1v) is 11.7. The normalized spacial score (nSPS) is 15.2. The highest BCUT2D eigenvalue weighted by Gasteiger charge is 2.49. The molecule has 0 bridgehead atoms. The predicted molar refractivity (Wildman–Crippen MR) is 122 cm³/mol. The summed E-state index contributed by atoms with van der Waals surface area (Å²) < 4.78 is 28.4. The van der Waals surface area contributed by atoms with E-state index in [0.29, 0.717) is 22.8 Å². The second-order valence-corrected chi connectivity index (χ2v) is 10.2. The average Bonchev–Trinajstić information content (AvgIpc) is 3.26. The van der Waals surface area contributed by atoms with Crippen LogP contribution in [0.5, 0.6) is 0 Å². The molecule has 33 heavy (non-hydrogen) atoms. The van der Waals surface area contributed by atoms with Crippen molar-refractivity contribution in [2.75, 3.05) is 19.8 Å². The van der Waals surface area contributed by atoms with E-state index in [9.17, 15) is 8.42 Å². The van der Waals surface area contributed by atoms with Crippen molar-refractivity contribution in [2.24, 2.45) is 7.05 Å². The van der Waals surface area contributed by atoms with E-state index in [1.165, 1.54) is 38.2 Å². The molecule has 0 spiro atoms. The number of aryl methyl sites for hydroxylation is 1. The molecule has 4 aromatic rings. The van der Waals surface area contributed by atoms with Gasteiger partial charge in [0.2, 0.25) is 5.82 Å². The van der Waals surface area contributed by atoms with Gasteiger partial charge in [-0.25, -0.2) is 15.0 Å². The summed E-state index contributed by atoms with van der Waals surface area (Å²) in [5, 5.41) is 8.53. The van der Waals surface area contributed by atoms with Crippen molar-refractivity contribution in [3.05, 3.63) is 60.3 Å². The Kier molecular flexibility index (Phi) is 4.79. The first-order valence-electron chi connectivity index (χ1n) is 10.3. The van der Waals surface area contributed by atoms with Gasteiger partial charge in [0, 0.05) is 26.7 Å². The molecule has 170 valence electrons. The standard InChI is InChI=1S/C21H23N9O2S/c1-28(2)33(31,32)30-13-14(11-24-30)17-18(22)23-12-16(25-17)19-26-20(29(3)27-19)21(9-10-21)15-7-5-4-6-8-15/h4-8,11-13H,9-10H2,1-3H3,(H2,22,23). The van der Waals surface area contributed by atoms with E-state index in [-0.39, 0.29) is 11.2 Å². The van der Waals surface area contributed by atoms with Gasteiger partial charge in [-0.15, -0.1) is 5.10 Å². The van der Waals surface area contributed by atoms with Gasteiger partial charge in [-0.3, -0.25) is 4.68 Å². The van der Waals surface area contributed by atoms with Crippen molar-refractivity contribution in [2.45, 2.75) is 18.3 Å². The maximum absolute atomic E-state index is 12.3. The highest BCUT2D eigenvalue weighted by atomic mass is 32.2. The van der Waals surface area contributed by atoms with Crippen LogP contribution in [-0.4, -0.2) is 60.7 Å². The zero-order valence-electron chi connectivity index (χ0n) is 18.4. The van der Waals surface area contributed by atoms with Gasteiger partial charge in [0.05, 0.1) is 24.0 Å². The van der Waals surface area contributed by atoms with E-state index in [0.717, 1.165) is 27.1 Å². The second-order valence-electron chi connectivity index (χ2n) is 8.21. The van der Waals surface area contributed by atoms with Crippen LogP contribution in [0.1, 0.15) is 24.2 Å². The summed E-state index contributed by atoms with van der Waals surface area (Å²) in [7, 11) is 0.973. The summed E-state index contributed by atoms with van der Waals surface area (Å²) in [4.78, 5) is 13.6. The number of hydrogen-bond donors (Lipinski definition) is 1. The highest BCUT2D eigenvalue weighted by Crippen LogP contribution is 2.52. The summed E-state index contributed by atoms with van der Waals surface area (Å²) in [6.45, 7) is 0. The number of nitrogens with zero attached hydrogens (tertiary/aromatic N) is 8. The first kappa shape index (κ1) is 21.2. The Morgan fingerprint density at radius 1 is 1.09 bits per heavy atom. The molecule has 1 aliphatic rings. The molecule has 0 amide bonds. The Hall–Kier alpha value is -3.64. The Morgan fingerprint density at radius 2 is 1.82 bits per heavy atom. The Bertz CT molecular complexity index is 1440. The van der Waals surface area contributed by atoms with Crippen LogP contribution in [-0.2, 0) is 22.7 Å². The summed E-state index contributed by atoms with van der Waals surface area (Å²) in [6, 6.07) is 10.3. The molecule has 0 aliphatic heterocycles. The molecule has 3 aromatic heterocycles. The number of nitrogens with two attached hydrogens (primary N) is 1. The van der Waals surface area contributed by atoms with Crippen LogP contribution in [0.4, 0.5) is 5.82 Å². The molecular formula is C21H23N9O2S. The number of benzene rings is 1. The lowest BCUT2D eigenvalue weighted by Crippen LogP contribution is -2.29. The fourth-order valence-corrected chi connectivity index (χ4v) is 4.62. The van der Waals surface area contributed by atoms with Crippen molar-refractivity contribution >= 4 is 16.0 Å². The molecule has 1 aliphatic carbocycles. The molecule has 2 N–H and O–H groups in total. The molecule has 0 atom stereocenters. The molecule has 1 fully saturated rings. The minimum Gasteiger partial charge on any atom is -0.382 e. The van der Waals surface area contributed by atoms with Crippen LogP contribution in [0.25, 0.3) is 22.8 Å². The van der Waals surface area contributed by atoms with Gasteiger partial charge < -0.3 is 5.73 Å². The SMILES string of the molecule is CN(C)S(=O)(=O)n1cc(-c2nc(-c3nc(C4(c5ccccc5)CC4)n(C)n3)cnc2N)cn1. The minimum atomic E-state index is -3.76. The maximum Gasteiger partial charge on any atom is 0.322 e. The van der Waals surface area contributed by atoms with E-state index < -0.39 is 10.2 Å². The number of rotatable bonds is 6. The van der Waals surface area contributed by atoms with Crippen LogP contribution < -0.4 is 5.73 Å². The molecule has 0 saturated heterocycles. The highest BCUT2D eigenvalue weighted by molar-refractivity contribution is 7.87. The lowest BCUT2D eigenvalue weighted by molar-refractivity contribution is 0.504. The molecule has 5 rings (SSSR count). The van der Waals surface area contributed by atoms with Gasteiger partial charge in [-0.1, -0.05) is 30.3 Å². The van der Waals surface area contributed by atoms with Crippen LogP contribution >= 0.6 is 0 Å². The van der Waals surface area contributed by atoms with Crippen LogP contribution in [0.3, 0.4) is 0 Å². The van der Waals surface area contributed by atoms with Gasteiger partial charge in [0.1, 0.15) is 23.0 Å². The van der Waals surface area contributed by atoms with Crippen molar-refractivity contribution in [3.8, 4) is 22.8 Å². The van der Waals surface area contributed by atoms with Gasteiger partial charge >= 0.3 is 10.2 Å². The van der Waals surface area contributed by atoms with Crippen molar-refractivity contribution in [1.29, 1.82) is 0 Å². The zero-order chi connectivity index (χ0) is 23.4. The quantitative estimate of drug-likeness (QED) is 0.452. The van der Waals surface area contributed by atoms with E-state index in [2.05, 4.69) is 32.3 Å². The van der Waals surface area contributed by atoms with Gasteiger partial charge in [0.25, 0.3) is 0 Å². The summed E-state index contributed by atoms with van der Waals surface area (Å²) in [6.07, 6.45) is 6.26. The number of nitrogen functional groups attached to an aromatic ring is 1. The lowest BCUT2D eigenvalue weighted by Gasteiger charge is -2.14. The van der Waals surface area contributed by atoms with Crippen molar-refractivity contribution < 1.29 is 8.42 Å². The monoisotopic (exact) mass is 465 g/mol. The molecular weight excluding hydrogens is 442 g/mol. The van der Waals surface area contributed by atoms with E-state index in [1.807, 2.05) is 25.2 Å². The van der Waals surface area contributed by atoms with Crippen molar-refractivity contribution in [3.63, 3.8) is 0 Å². The lowest BCUT2D eigenvalue weighted by atomic mass is 9.95. The third-order valence-corrected chi connectivity index (χ3v) is 7.42. The third-order valence-electron chi connectivity index (χ3n) is 5.83. The summed E-state index contributed by atoms with van der Waals surface area (Å²) >= 11 is 0. The van der Waals surface area contributed by atoms with Crippen LogP contribution in [0.15, 0.2) is 48.9 Å². The van der Waals surface area contributed by atoms with Gasteiger partial charge in [-0.05, 0) is 18.4 Å². The molecule has 1 aromatic carbocycles. The minimum absolute atomic E-state index is 0.146. The summed E-state index contributed by atoms with van der Waals surface area (Å²) in [5.74, 6) is 1.45. The zero-order valence-corrected chi connectivity index (χ0v) is 19.2. The smallest absolute Gasteiger partial charge is 0.322 e. The van der Waals surface area contributed by atoms with Gasteiger partial charge in [-0.2, -0.15) is 21.9 Å². The fraction of sp³-hybridized carbons (Fsp3) is 0.286. The number of hydrogen-bond acceptors (Lipinski definition) is 8. The molecule has 12 heteroatoms. The largest absolute Gasteiger partial charge is 0.382 e. The summed E-state index contributed by atoms with van der Waals surface area (Å²) in [5.41, 5.74) is 8.29. The topological polar surface area (TPSA) is 138 Å². The Balaban J connectivity index is 1.53. The first-order chi connectivity index (χ1) is 15.7. The number of aromatic nitrogens is 7. The molecule has 1 saturated carbocycles. The third kappa shape index (κ3) is 3.47. The molecule has 0 radical (unpaired) electrons. The number of anilines is 1. The second kappa shape index (κ2) is 7.46. The van der Waals surface area contributed by atoms with Crippen molar-refractivity contribution in [1.82, 2.24) is 38.2 Å². The Labute approximate surface area is 191 Å². The van der Waals surface area contributed by atoms with E-state index in [4.69, 9.17) is 10.7 Å². The van der Waals surface area contributed by atoms with E-state index >= 15 is 0 Å². The fourth-order valence-electron chi connectivity index (χ4n) is 3.87. The molecule has 11 nitrogen and oxygen atoms in total. The maximum atomic E-state index is 12.3. The molecule has 3 heterocycles. The average molecular weight is 466 g/mol. The van der Waals surface area contributed by atoms with E-state index in [1.54, 1.807) is 4.68 Å². The Morgan fingerprint density at radius 3 is 2.48 bits per heavy atom. The molecule has 0 unspecified atom stereocenters. The predicted octanol–water partition coefficient (Wildman–Crippen LogP) is 1.45.